The summed E-state index contributed by atoms with van der Waals surface area (Å²) >= 11 is 0. The van der Waals surface area contributed by atoms with Crippen LogP contribution in [0.5, 0.6) is 11.5 Å². The number of aromatic nitrogens is 1. The summed E-state index contributed by atoms with van der Waals surface area (Å²) in [5, 5.41) is 3.37. The number of carbonyl (C=O) groups excluding carboxylic acids is 1. The highest BCUT2D eigenvalue weighted by Crippen LogP contribution is 2.49. The number of halogens is 2. The van der Waals surface area contributed by atoms with Gasteiger partial charge in [-0.15, -0.1) is 8.78 Å². The quantitative estimate of drug-likeness (QED) is 0.709. The fourth-order valence-electron chi connectivity index (χ4n) is 4.85. The van der Waals surface area contributed by atoms with Crippen molar-refractivity contribution in [2.45, 2.75) is 12.7 Å². The van der Waals surface area contributed by atoms with Crippen LogP contribution < -0.4 is 14.8 Å². The SMILES string of the molecule is O=C(C1C=CC=C(C2=Cc3c(-c4cccc5c4OC(F)(F)O5)c[nH]c3NC2)C1)N1CCOCC1. The van der Waals surface area contributed by atoms with E-state index in [0.29, 0.717) is 44.8 Å². The van der Waals surface area contributed by atoms with Gasteiger partial charge in [0.05, 0.1) is 19.1 Å². The molecule has 176 valence electrons. The molecule has 1 aromatic carbocycles. The number of ether oxygens (including phenoxy) is 3. The number of anilines is 1. The summed E-state index contributed by atoms with van der Waals surface area (Å²) in [6.45, 7) is 2.98. The van der Waals surface area contributed by atoms with Crippen molar-refractivity contribution in [3.05, 3.63) is 59.3 Å². The van der Waals surface area contributed by atoms with Crippen LogP contribution >= 0.6 is 0 Å². The fourth-order valence-corrected chi connectivity index (χ4v) is 4.85. The van der Waals surface area contributed by atoms with Crippen LogP contribution in [0, 0.1) is 5.92 Å². The molecule has 1 aliphatic carbocycles. The number of hydrogen-bond donors (Lipinski definition) is 2. The maximum atomic E-state index is 13.7. The molecule has 1 atom stereocenters. The average molecular weight is 467 g/mol. The number of benzene rings is 1. The smallest absolute Gasteiger partial charge is 0.395 e. The third kappa shape index (κ3) is 3.66. The topological polar surface area (TPSA) is 75.8 Å². The van der Waals surface area contributed by atoms with Crippen molar-refractivity contribution in [3.8, 4) is 22.6 Å². The van der Waals surface area contributed by atoms with Gasteiger partial charge in [0.15, 0.2) is 11.5 Å². The van der Waals surface area contributed by atoms with Crippen LogP contribution in [0.15, 0.2) is 53.8 Å². The Balaban J connectivity index is 1.28. The van der Waals surface area contributed by atoms with E-state index >= 15 is 0 Å². The zero-order valence-corrected chi connectivity index (χ0v) is 18.3. The normalized spacial score (nSPS) is 22.5. The Kier molecular flexibility index (Phi) is 4.95. The highest BCUT2D eigenvalue weighted by Gasteiger charge is 2.45. The standard InChI is InChI=1S/C25H23F2N3O4/c26-25(27)33-21-6-2-5-18(22(21)34-25)20-14-29-23-19(20)12-17(13-28-23)15-3-1-4-16(11-15)24(31)30-7-9-32-10-8-30/h1-6,12,14,16,28-29H,7-11,13H2. The van der Waals surface area contributed by atoms with Crippen LogP contribution in [-0.2, 0) is 9.53 Å². The number of morpholine rings is 1. The van der Waals surface area contributed by atoms with Gasteiger partial charge in [-0.05, 0) is 29.7 Å². The largest absolute Gasteiger partial charge is 0.586 e. The molecule has 0 spiro atoms. The molecule has 1 aromatic heterocycles. The molecule has 4 heterocycles. The van der Waals surface area contributed by atoms with Gasteiger partial charge in [-0.1, -0.05) is 30.4 Å². The first-order chi connectivity index (χ1) is 16.5. The van der Waals surface area contributed by atoms with Gasteiger partial charge in [0.1, 0.15) is 5.82 Å². The van der Waals surface area contributed by atoms with Crippen LogP contribution in [0.2, 0.25) is 0 Å². The van der Waals surface area contributed by atoms with Gasteiger partial charge in [-0.25, -0.2) is 0 Å². The van der Waals surface area contributed by atoms with E-state index in [1.54, 1.807) is 18.3 Å². The third-order valence-electron chi connectivity index (χ3n) is 6.55. The Morgan fingerprint density at radius 2 is 1.97 bits per heavy atom. The lowest BCUT2D eigenvalue weighted by molar-refractivity contribution is -0.286. The summed E-state index contributed by atoms with van der Waals surface area (Å²) in [5.74, 6) is 0.738. The highest BCUT2D eigenvalue weighted by molar-refractivity contribution is 5.89. The van der Waals surface area contributed by atoms with Crippen LogP contribution in [0.4, 0.5) is 14.6 Å². The van der Waals surface area contributed by atoms with Crippen molar-refractivity contribution in [2.24, 2.45) is 5.92 Å². The summed E-state index contributed by atoms with van der Waals surface area (Å²) in [6, 6.07) is 4.85. The Morgan fingerprint density at radius 3 is 2.82 bits per heavy atom. The monoisotopic (exact) mass is 467 g/mol. The first-order valence-electron chi connectivity index (χ1n) is 11.3. The number of amides is 1. The number of para-hydroxylation sites is 1. The van der Waals surface area contributed by atoms with Crippen molar-refractivity contribution in [2.75, 3.05) is 38.2 Å². The number of H-pyrrole nitrogens is 1. The number of hydrogen-bond acceptors (Lipinski definition) is 5. The lowest BCUT2D eigenvalue weighted by Gasteiger charge is -2.31. The number of aromatic amines is 1. The molecule has 0 saturated carbocycles. The summed E-state index contributed by atoms with van der Waals surface area (Å²) in [4.78, 5) is 18.1. The maximum absolute atomic E-state index is 13.7. The van der Waals surface area contributed by atoms with Crippen molar-refractivity contribution in [1.82, 2.24) is 9.88 Å². The Bertz CT molecular complexity index is 1240. The van der Waals surface area contributed by atoms with Gasteiger partial charge in [0, 0.05) is 42.5 Å². The Hall–Kier alpha value is -3.59. The number of fused-ring (bicyclic) bond motifs is 2. The van der Waals surface area contributed by atoms with Gasteiger partial charge in [-0.2, -0.15) is 0 Å². The molecule has 1 saturated heterocycles. The number of nitrogens with one attached hydrogen (secondary N) is 2. The molecule has 34 heavy (non-hydrogen) atoms. The average Bonchev–Trinajstić information content (AvgIpc) is 3.42. The van der Waals surface area contributed by atoms with Crippen molar-refractivity contribution >= 4 is 17.8 Å². The predicted molar refractivity (Wildman–Crippen MR) is 122 cm³/mol. The Morgan fingerprint density at radius 1 is 1.12 bits per heavy atom. The summed E-state index contributed by atoms with van der Waals surface area (Å²) in [5.41, 5.74) is 4.21. The molecule has 2 aromatic rings. The minimum atomic E-state index is -3.69. The highest BCUT2D eigenvalue weighted by atomic mass is 19.3. The van der Waals surface area contributed by atoms with E-state index in [0.717, 1.165) is 28.1 Å². The van der Waals surface area contributed by atoms with E-state index in [-0.39, 0.29) is 23.3 Å². The Labute approximate surface area is 194 Å². The molecule has 4 aliphatic rings. The molecule has 2 N–H and O–H groups in total. The van der Waals surface area contributed by atoms with E-state index in [1.807, 2.05) is 29.2 Å². The van der Waals surface area contributed by atoms with E-state index in [2.05, 4.69) is 15.0 Å². The van der Waals surface area contributed by atoms with Gasteiger partial charge in [0.2, 0.25) is 5.91 Å². The summed E-state index contributed by atoms with van der Waals surface area (Å²) in [7, 11) is 0. The summed E-state index contributed by atoms with van der Waals surface area (Å²) in [6.07, 6.45) is 6.67. The molecule has 1 unspecified atom stereocenters. The molecule has 3 aliphatic heterocycles. The molecule has 0 radical (unpaired) electrons. The van der Waals surface area contributed by atoms with E-state index in [4.69, 9.17) is 9.47 Å². The minimum absolute atomic E-state index is 0.00927. The number of carbonyl (C=O) groups is 1. The van der Waals surface area contributed by atoms with Crippen LogP contribution in [0.25, 0.3) is 17.2 Å². The van der Waals surface area contributed by atoms with Gasteiger partial charge < -0.3 is 29.4 Å². The van der Waals surface area contributed by atoms with Crippen molar-refractivity contribution < 1.29 is 27.8 Å². The van der Waals surface area contributed by atoms with Crippen molar-refractivity contribution in [1.29, 1.82) is 0 Å². The lowest BCUT2D eigenvalue weighted by Crippen LogP contribution is -2.43. The number of alkyl halides is 2. The molecular weight excluding hydrogens is 444 g/mol. The second kappa shape index (κ2) is 8.02. The zero-order chi connectivity index (χ0) is 23.3. The third-order valence-corrected chi connectivity index (χ3v) is 6.55. The molecular formula is C25H23F2N3O4. The van der Waals surface area contributed by atoms with E-state index < -0.39 is 6.29 Å². The lowest BCUT2D eigenvalue weighted by atomic mass is 9.86. The fraction of sp³-hybridized carbons (Fsp3) is 0.320. The molecule has 9 heteroatoms. The van der Waals surface area contributed by atoms with E-state index in [1.165, 1.54) is 6.07 Å². The number of allylic oxidation sites excluding steroid dienone is 2. The first kappa shape index (κ1) is 21.0. The maximum Gasteiger partial charge on any atom is 0.586 e. The first-order valence-corrected chi connectivity index (χ1v) is 11.3. The van der Waals surface area contributed by atoms with Gasteiger partial charge in [0.25, 0.3) is 0 Å². The second-order valence-corrected chi connectivity index (χ2v) is 8.64. The van der Waals surface area contributed by atoms with Crippen molar-refractivity contribution in [3.63, 3.8) is 0 Å². The van der Waals surface area contributed by atoms with E-state index in [9.17, 15) is 13.6 Å². The second-order valence-electron chi connectivity index (χ2n) is 8.64. The van der Waals surface area contributed by atoms with Crippen LogP contribution in [0.1, 0.15) is 12.0 Å². The molecule has 1 fully saturated rings. The molecule has 0 bridgehead atoms. The molecule has 7 nitrogen and oxygen atoms in total. The van der Waals surface area contributed by atoms with Crippen LogP contribution in [-0.4, -0.2) is 54.9 Å². The van der Waals surface area contributed by atoms with Gasteiger partial charge in [-0.3, -0.25) is 4.79 Å². The minimum Gasteiger partial charge on any atom is -0.395 e. The molecule has 1 amide bonds. The zero-order valence-electron chi connectivity index (χ0n) is 18.3. The van der Waals surface area contributed by atoms with Crippen LogP contribution in [0.3, 0.4) is 0 Å². The predicted octanol–water partition coefficient (Wildman–Crippen LogP) is 4.17. The summed E-state index contributed by atoms with van der Waals surface area (Å²) < 4.78 is 42.2. The number of nitrogens with zero attached hydrogens (tertiary/aromatic N) is 1. The van der Waals surface area contributed by atoms with Gasteiger partial charge >= 0.3 is 6.29 Å². The number of rotatable bonds is 3. The molecule has 6 rings (SSSR count).